The third-order valence-electron chi connectivity index (χ3n) is 4.26. The molecule has 0 heterocycles. The topological polar surface area (TPSA) is 18.5 Å². The highest BCUT2D eigenvalue weighted by molar-refractivity contribution is 14.1. The van der Waals surface area contributed by atoms with Gasteiger partial charge in [-0.1, -0.05) is 48.6 Å². The molecular formula is C24H20I2O2. The summed E-state index contributed by atoms with van der Waals surface area (Å²) in [4.78, 5) is 0. The normalized spacial score (nSPS) is 11.3. The largest absolute Gasteiger partial charge is 0.497 e. The van der Waals surface area contributed by atoms with E-state index in [-0.39, 0.29) is 0 Å². The van der Waals surface area contributed by atoms with E-state index in [0.29, 0.717) is 0 Å². The summed E-state index contributed by atoms with van der Waals surface area (Å²) in [5.74, 6) is 1.74. The van der Waals surface area contributed by atoms with Crippen molar-refractivity contribution >= 4 is 69.5 Å². The highest BCUT2D eigenvalue weighted by Crippen LogP contribution is 2.25. The van der Waals surface area contributed by atoms with E-state index in [4.69, 9.17) is 9.47 Å². The van der Waals surface area contributed by atoms with Crippen molar-refractivity contribution in [3.8, 4) is 11.5 Å². The van der Waals surface area contributed by atoms with Gasteiger partial charge in [-0.25, -0.2) is 0 Å². The Morgan fingerprint density at radius 1 is 0.571 bits per heavy atom. The fraction of sp³-hybridized carbons (Fsp3) is 0.0833. The van der Waals surface area contributed by atoms with Crippen LogP contribution < -0.4 is 9.47 Å². The summed E-state index contributed by atoms with van der Waals surface area (Å²) >= 11 is 4.79. The number of benzene rings is 3. The lowest BCUT2D eigenvalue weighted by atomic mass is 10.1. The lowest BCUT2D eigenvalue weighted by Crippen LogP contribution is -1.88. The zero-order valence-electron chi connectivity index (χ0n) is 15.7. The standard InChI is InChI=1S/C24H20I2O2/c1-27-21-11-5-17(6-12-21)3-9-19-15-24(26)20(16-23(19)25)10-4-18-7-13-22(28-2)14-8-18/h3-16H,1-2H3/b9-3+,10-4+. The van der Waals surface area contributed by atoms with Crippen LogP contribution in [0.1, 0.15) is 22.3 Å². The van der Waals surface area contributed by atoms with Crippen LogP contribution in [0.25, 0.3) is 24.3 Å². The Kier molecular flexibility index (Phi) is 7.56. The molecule has 0 aromatic heterocycles. The molecule has 142 valence electrons. The van der Waals surface area contributed by atoms with Crippen molar-refractivity contribution in [1.29, 1.82) is 0 Å². The quantitative estimate of drug-likeness (QED) is 0.221. The smallest absolute Gasteiger partial charge is 0.118 e. The first-order chi connectivity index (χ1) is 13.6. The molecule has 0 aliphatic heterocycles. The molecule has 4 heteroatoms. The lowest BCUT2D eigenvalue weighted by Gasteiger charge is -2.05. The average Bonchev–Trinajstić information content (AvgIpc) is 2.73. The van der Waals surface area contributed by atoms with Crippen molar-refractivity contribution in [2.75, 3.05) is 14.2 Å². The van der Waals surface area contributed by atoms with Crippen LogP contribution >= 0.6 is 45.2 Å². The van der Waals surface area contributed by atoms with Crippen molar-refractivity contribution < 1.29 is 9.47 Å². The molecule has 3 aromatic carbocycles. The van der Waals surface area contributed by atoms with Crippen LogP contribution in [0.2, 0.25) is 0 Å². The van der Waals surface area contributed by atoms with Gasteiger partial charge in [0, 0.05) is 7.14 Å². The summed E-state index contributed by atoms with van der Waals surface area (Å²) in [6, 6.07) is 20.6. The Hall–Kier alpha value is -1.80. The van der Waals surface area contributed by atoms with Gasteiger partial charge in [-0.15, -0.1) is 0 Å². The lowest BCUT2D eigenvalue weighted by molar-refractivity contribution is 0.414. The summed E-state index contributed by atoms with van der Waals surface area (Å²) in [6.45, 7) is 0. The van der Waals surface area contributed by atoms with Crippen LogP contribution in [0.15, 0.2) is 60.7 Å². The Balaban J connectivity index is 1.77. The molecule has 0 aliphatic carbocycles. The number of ether oxygens (including phenoxy) is 2. The van der Waals surface area contributed by atoms with Crippen LogP contribution in [0.5, 0.6) is 11.5 Å². The fourth-order valence-corrected chi connectivity index (χ4v) is 3.98. The SMILES string of the molecule is COc1ccc(/C=C/c2cc(I)c(/C=C/c3ccc(OC)cc3)cc2I)cc1. The zero-order valence-corrected chi connectivity index (χ0v) is 20.0. The first-order valence-corrected chi connectivity index (χ1v) is 10.9. The van der Waals surface area contributed by atoms with E-state index in [1.807, 2.05) is 24.3 Å². The van der Waals surface area contributed by atoms with Gasteiger partial charge in [-0.2, -0.15) is 0 Å². The minimum atomic E-state index is 0.870. The molecule has 0 N–H and O–H groups in total. The average molecular weight is 594 g/mol. The number of hydrogen-bond donors (Lipinski definition) is 0. The van der Waals surface area contributed by atoms with Crippen LogP contribution in [0.3, 0.4) is 0 Å². The summed E-state index contributed by atoms with van der Waals surface area (Å²) in [7, 11) is 3.36. The molecule has 0 saturated heterocycles. The zero-order chi connectivity index (χ0) is 19.9. The number of halogens is 2. The molecule has 0 fully saturated rings. The third-order valence-corrected chi connectivity index (χ3v) is 6.13. The molecule has 0 aliphatic rings. The molecule has 0 radical (unpaired) electrons. The maximum Gasteiger partial charge on any atom is 0.118 e. The van der Waals surface area contributed by atoms with Gasteiger partial charge in [0.15, 0.2) is 0 Å². The fourth-order valence-electron chi connectivity index (χ4n) is 2.64. The second kappa shape index (κ2) is 10.1. The molecule has 0 spiro atoms. The summed E-state index contributed by atoms with van der Waals surface area (Å²) in [5, 5.41) is 0. The molecule has 0 saturated carbocycles. The summed E-state index contributed by atoms with van der Waals surface area (Å²) in [6.07, 6.45) is 8.56. The van der Waals surface area contributed by atoms with E-state index in [0.717, 1.165) is 22.6 Å². The predicted octanol–water partition coefficient (Wildman–Crippen LogP) is 7.25. The third kappa shape index (κ3) is 5.61. The van der Waals surface area contributed by atoms with Gasteiger partial charge in [0.05, 0.1) is 14.2 Å². The molecular weight excluding hydrogens is 574 g/mol. The van der Waals surface area contributed by atoms with Crippen molar-refractivity contribution in [2.24, 2.45) is 0 Å². The monoisotopic (exact) mass is 594 g/mol. The van der Waals surface area contributed by atoms with Crippen molar-refractivity contribution in [1.82, 2.24) is 0 Å². The predicted molar refractivity (Wildman–Crippen MR) is 136 cm³/mol. The van der Waals surface area contributed by atoms with Gasteiger partial charge in [0.2, 0.25) is 0 Å². The first kappa shape index (κ1) is 20.9. The first-order valence-electron chi connectivity index (χ1n) is 8.72. The molecule has 0 amide bonds. The minimum Gasteiger partial charge on any atom is -0.497 e. The Morgan fingerprint density at radius 3 is 1.25 bits per heavy atom. The van der Waals surface area contributed by atoms with Gasteiger partial charge >= 0.3 is 0 Å². The van der Waals surface area contributed by atoms with Crippen LogP contribution in [0.4, 0.5) is 0 Å². The van der Waals surface area contributed by atoms with Crippen molar-refractivity contribution in [3.63, 3.8) is 0 Å². The number of rotatable bonds is 6. The van der Waals surface area contributed by atoms with Gasteiger partial charge < -0.3 is 9.47 Å². The second-order valence-electron chi connectivity index (χ2n) is 6.11. The van der Waals surface area contributed by atoms with Crippen molar-refractivity contribution in [2.45, 2.75) is 0 Å². The molecule has 2 nitrogen and oxygen atoms in total. The highest BCUT2D eigenvalue weighted by Gasteiger charge is 2.03. The molecule has 0 unspecified atom stereocenters. The molecule has 28 heavy (non-hydrogen) atoms. The van der Waals surface area contributed by atoms with E-state index in [9.17, 15) is 0 Å². The number of methoxy groups -OCH3 is 2. The molecule has 0 bridgehead atoms. The van der Waals surface area contributed by atoms with E-state index >= 15 is 0 Å². The van der Waals surface area contributed by atoms with Gasteiger partial charge in [0.25, 0.3) is 0 Å². The van der Waals surface area contributed by atoms with Gasteiger partial charge in [-0.3, -0.25) is 0 Å². The Bertz CT molecular complexity index is 905. The van der Waals surface area contributed by atoms with Crippen LogP contribution in [-0.2, 0) is 0 Å². The van der Waals surface area contributed by atoms with E-state index in [2.05, 4.69) is 106 Å². The molecule has 0 atom stereocenters. The highest BCUT2D eigenvalue weighted by atomic mass is 127. The molecule has 3 rings (SSSR count). The van der Waals surface area contributed by atoms with Gasteiger partial charge in [-0.05, 0) is 104 Å². The summed E-state index contributed by atoms with van der Waals surface area (Å²) in [5.41, 5.74) is 4.72. The summed E-state index contributed by atoms with van der Waals surface area (Å²) < 4.78 is 12.9. The Labute approximate surface area is 193 Å². The van der Waals surface area contributed by atoms with E-state index in [1.165, 1.54) is 18.3 Å². The van der Waals surface area contributed by atoms with Crippen LogP contribution in [0, 0.1) is 7.14 Å². The number of hydrogen-bond acceptors (Lipinski definition) is 2. The van der Waals surface area contributed by atoms with E-state index in [1.54, 1.807) is 14.2 Å². The Morgan fingerprint density at radius 2 is 0.929 bits per heavy atom. The molecule has 3 aromatic rings. The maximum absolute atomic E-state index is 5.21. The van der Waals surface area contributed by atoms with Crippen LogP contribution in [-0.4, -0.2) is 14.2 Å². The maximum atomic E-state index is 5.21. The van der Waals surface area contributed by atoms with E-state index < -0.39 is 0 Å². The second-order valence-corrected chi connectivity index (χ2v) is 8.43. The van der Waals surface area contributed by atoms with Crippen molar-refractivity contribution in [3.05, 3.63) is 90.1 Å². The minimum absolute atomic E-state index is 0.870. The van der Waals surface area contributed by atoms with Gasteiger partial charge in [0.1, 0.15) is 11.5 Å².